The van der Waals surface area contributed by atoms with Crippen molar-refractivity contribution in [3.05, 3.63) is 72.8 Å². The fourth-order valence-electron chi connectivity index (χ4n) is 3.13. The van der Waals surface area contributed by atoms with Gasteiger partial charge in [0.05, 0.1) is 18.2 Å². The molecule has 1 atom stereocenters. The van der Waals surface area contributed by atoms with Crippen LogP contribution in [0, 0.1) is 6.92 Å². The van der Waals surface area contributed by atoms with E-state index in [1.54, 1.807) is 30.3 Å². The van der Waals surface area contributed by atoms with E-state index in [4.69, 9.17) is 9.15 Å². The van der Waals surface area contributed by atoms with Gasteiger partial charge in [-0.25, -0.2) is 9.88 Å². The summed E-state index contributed by atoms with van der Waals surface area (Å²) in [5.41, 5.74) is 2.30. The van der Waals surface area contributed by atoms with Crippen LogP contribution in [0.1, 0.15) is 24.6 Å². The number of imide groups is 1. The largest absolute Gasteiger partial charge is 0.464 e. The van der Waals surface area contributed by atoms with Crippen molar-refractivity contribution < 1.29 is 18.7 Å². The minimum absolute atomic E-state index is 0.0476. The summed E-state index contributed by atoms with van der Waals surface area (Å²) in [5.74, 6) is 0.131. The van der Waals surface area contributed by atoms with Gasteiger partial charge in [0.15, 0.2) is 11.5 Å². The number of ether oxygens (including phenoxy) is 1. The molecular formula is C23H20N4O4S. The minimum Gasteiger partial charge on any atom is -0.464 e. The molecule has 0 radical (unpaired) electrons. The van der Waals surface area contributed by atoms with Gasteiger partial charge in [-0.3, -0.25) is 9.59 Å². The van der Waals surface area contributed by atoms with Gasteiger partial charge in [0.1, 0.15) is 16.7 Å². The van der Waals surface area contributed by atoms with Gasteiger partial charge in [-0.15, -0.1) is 10.2 Å². The third-order valence-corrected chi connectivity index (χ3v) is 5.71. The van der Waals surface area contributed by atoms with Crippen LogP contribution in [0.15, 0.2) is 71.2 Å². The molecule has 0 saturated carbocycles. The van der Waals surface area contributed by atoms with E-state index in [-0.39, 0.29) is 29.2 Å². The van der Waals surface area contributed by atoms with Crippen molar-refractivity contribution in [2.24, 2.45) is 0 Å². The Hall–Kier alpha value is -3.72. The lowest BCUT2D eigenvalue weighted by Gasteiger charge is -2.15. The Morgan fingerprint density at radius 2 is 2.03 bits per heavy atom. The van der Waals surface area contributed by atoms with Gasteiger partial charge in [-0.2, -0.15) is 0 Å². The summed E-state index contributed by atoms with van der Waals surface area (Å²) in [6.07, 6.45) is 4.75. The molecule has 0 spiro atoms. The predicted octanol–water partition coefficient (Wildman–Crippen LogP) is 4.39. The molecule has 2 aromatic heterocycles. The molecule has 0 N–H and O–H groups in total. The molecule has 3 aromatic rings. The molecule has 162 valence electrons. The van der Waals surface area contributed by atoms with E-state index in [2.05, 4.69) is 21.8 Å². The maximum atomic E-state index is 13.0. The third kappa shape index (κ3) is 4.33. The highest BCUT2D eigenvalue weighted by Crippen LogP contribution is 2.34. The summed E-state index contributed by atoms with van der Waals surface area (Å²) in [6.45, 7) is 7.66. The number of hydrogen-bond acceptors (Lipinski definition) is 8. The average Bonchev–Trinajstić information content (AvgIpc) is 3.41. The highest BCUT2D eigenvalue weighted by molar-refractivity contribution is 8.00. The first-order valence-corrected chi connectivity index (χ1v) is 10.7. The number of carbonyl (C=O) groups is 2. The molecule has 1 aliphatic rings. The molecule has 1 fully saturated rings. The normalized spacial score (nSPS) is 16.2. The molecular weight excluding hydrogens is 428 g/mol. The number of benzene rings is 1. The summed E-state index contributed by atoms with van der Waals surface area (Å²) in [7, 11) is 0. The monoisotopic (exact) mass is 448 g/mol. The Labute approximate surface area is 189 Å². The number of allylic oxidation sites excluding steroid dienone is 1. The predicted molar refractivity (Wildman–Crippen MR) is 120 cm³/mol. The van der Waals surface area contributed by atoms with Gasteiger partial charge < -0.3 is 9.15 Å². The highest BCUT2D eigenvalue weighted by atomic mass is 32.2. The van der Waals surface area contributed by atoms with Gasteiger partial charge >= 0.3 is 0 Å². The van der Waals surface area contributed by atoms with E-state index >= 15 is 0 Å². The van der Waals surface area contributed by atoms with Crippen molar-refractivity contribution in [3.63, 3.8) is 0 Å². The fraction of sp³-hybridized carbons (Fsp3) is 0.174. The molecule has 2 amide bonds. The average molecular weight is 449 g/mol. The van der Waals surface area contributed by atoms with Gasteiger partial charge in [-0.1, -0.05) is 42.1 Å². The Kier molecular flexibility index (Phi) is 6.18. The summed E-state index contributed by atoms with van der Waals surface area (Å²) in [5, 5.41) is 7.94. The first-order valence-electron chi connectivity index (χ1n) is 9.83. The van der Waals surface area contributed by atoms with E-state index in [1.807, 2.05) is 26.0 Å². The van der Waals surface area contributed by atoms with E-state index < -0.39 is 5.25 Å². The molecule has 32 heavy (non-hydrogen) atoms. The van der Waals surface area contributed by atoms with Crippen molar-refractivity contribution in [2.75, 3.05) is 4.90 Å². The number of thioether (sulfide) groups is 1. The quantitative estimate of drug-likeness (QED) is 0.388. The Bertz CT molecular complexity index is 1190. The van der Waals surface area contributed by atoms with E-state index in [0.29, 0.717) is 22.8 Å². The Morgan fingerprint density at radius 3 is 2.72 bits per heavy atom. The molecule has 1 saturated heterocycles. The van der Waals surface area contributed by atoms with Crippen molar-refractivity contribution >= 4 is 35.0 Å². The van der Waals surface area contributed by atoms with Gasteiger partial charge in [0.25, 0.3) is 0 Å². The second kappa shape index (κ2) is 9.19. The first kappa shape index (κ1) is 21.5. The van der Waals surface area contributed by atoms with Crippen LogP contribution in [-0.4, -0.2) is 32.2 Å². The Morgan fingerprint density at radius 1 is 1.25 bits per heavy atom. The second-order valence-corrected chi connectivity index (χ2v) is 8.16. The van der Waals surface area contributed by atoms with Crippen molar-refractivity contribution in [3.8, 4) is 11.5 Å². The zero-order chi connectivity index (χ0) is 22.7. The van der Waals surface area contributed by atoms with Crippen LogP contribution in [0.25, 0.3) is 17.2 Å². The highest BCUT2D eigenvalue weighted by Gasteiger charge is 2.41. The number of furan rings is 1. The smallest absolute Gasteiger partial charge is 0.247 e. The number of nitrogens with zero attached hydrogens (tertiary/aromatic N) is 4. The molecule has 1 aromatic carbocycles. The summed E-state index contributed by atoms with van der Waals surface area (Å²) < 4.78 is 10.9. The maximum Gasteiger partial charge on any atom is 0.247 e. The lowest BCUT2D eigenvalue weighted by molar-refractivity contribution is -0.121. The van der Waals surface area contributed by atoms with E-state index in [0.717, 1.165) is 17.3 Å². The van der Waals surface area contributed by atoms with Gasteiger partial charge in [0.2, 0.25) is 17.0 Å². The number of rotatable bonds is 7. The standard InChI is InChI=1S/C23H20N4O4S/c1-4-11-30-15(3)20-21(17-6-5-12-31-17)25-26-23(24-20)32-18-13-19(28)27(22(18)29)16-9-7-14(2)8-10-16/h4-12,18H,3,13H2,1-2H3/b11-4-. The van der Waals surface area contributed by atoms with Crippen LogP contribution in [0.2, 0.25) is 0 Å². The number of aromatic nitrogens is 3. The van der Waals surface area contributed by atoms with Crippen molar-refractivity contribution in [1.82, 2.24) is 15.2 Å². The zero-order valence-electron chi connectivity index (χ0n) is 17.5. The number of aryl methyl sites for hydroxylation is 1. The lowest BCUT2D eigenvalue weighted by Crippen LogP contribution is -2.31. The van der Waals surface area contributed by atoms with Crippen LogP contribution in [0.4, 0.5) is 5.69 Å². The van der Waals surface area contributed by atoms with Gasteiger partial charge in [-0.05, 0) is 38.1 Å². The number of anilines is 1. The molecule has 0 bridgehead atoms. The van der Waals surface area contributed by atoms with Crippen molar-refractivity contribution in [1.29, 1.82) is 0 Å². The molecule has 0 aliphatic carbocycles. The maximum absolute atomic E-state index is 13.0. The number of carbonyl (C=O) groups excluding carboxylic acids is 2. The zero-order valence-corrected chi connectivity index (χ0v) is 18.3. The Balaban J connectivity index is 1.60. The van der Waals surface area contributed by atoms with Crippen LogP contribution in [0.5, 0.6) is 0 Å². The minimum atomic E-state index is -0.655. The van der Waals surface area contributed by atoms with Crippen LogP contribution in [-0.2, 0) is 14.3 Å². The molecule has 4 rings (SSSR count). The number of amides is 2. The lowest BCUT2D eigenvalue weighted by atomic mass is 10.2. The van der Waals surface area contributed by atoms with Crippen LogP contribution in [0.3, 0.4) is 0 Å². The third-order valence-electron chi connectivity index (χ3n) is 4.68. The van der Waals surface area contributed by atoms with Crippen LogP contribution >= 0.6 is 11.8 Å². The van der Waals surface area contributed by atoms with Gasteiger partial charge in [0, 0.05) is 6.42 Å². The van der Waals surface area contributed by atoms with Crippen LogP contribution < -0.4 is 4.90 Å². The molecule has 8 nitrogen and oxygen atoms in total. The molecule has 1 unspecified atom stereocenters. The molecule has 1 aliphatic heterocycles. The second-order valence-electron chi connectivity index (χ2n) is 6.99. The topological polar surface area (TPSA) is 98.4 Å². The van der Waals surface area contributed by atoms with E-state index in [1.165, 1.54) is 17.4 Å². The summed E-state index contributed by atoms with van der Waals surface area (Å²) in [4.78, 5) is 31.2. The molecule has 3 heterocycles. The summed E-state index contributed by atoms with van der Waals surface area (Å²) in [6, 6.07) is 10.7. The first-order chi connectivity index (χ1) is 15.5. The summed E-state index contributed by atoms with van der Waals surface area (Å²) >= 11 is 1.08. The number of hydrogen-bond donors (Lipinski definition) is 0. The van der Waals surface area contributed by atoms with Crippen molar-refractivity contribution in [2.45, 2.75) is 30.7 Å². The van der Waals surface area contributed by atoms with E-state index in [9.17, 15) is 9.59 Å². The molecule has 9 heteroatoms. The SMILES string of the molecule is C=C(O/C=C\C)c1nc(SC2CC(=O)N(c3ccc(C)cc3)C2=O)nnc1-c1ccco1. The fourth-order valence-corrected chi connectivity index (χ4v) is 4.05.